The van der Waals surface area contributed by atoms with Gasteiger partial charge in [-0.15, -0.1) is 0 Å². The van der Waals surface area contributed by atoms with Gasteiger partial charge in [0.2, 0.25) is 5.91 Å². The van der Waals surface area contributed by atoms with Gasteiger partial charge in [0.05, 0.1) is 42.0 Å². The van der Waals surface area contributed by atoms with Crippen LogP contribution in [0.25, 0.3) is 0 Å². The van der Waals surface area contributed by atoms with Crippen molar-refractivity contribution in [3.63, 3.8) is 0 Å². The Kier molecular flexibility index (Phi) is 32.3. The molecule has 0 spiro atoms. The van der Waals surface area contributed by atoms with Crippen LogP contribution < -0.4 is 10.6 Å². The molecule has 0 aliphatic carbocycles. The summed E-state index contributed by atoms with van der Waals surface area (Å²) in [5.74, 6) is -0.108. The molecule has 344 valence electrons. The number of para-hydroxylation sites is 2. The summed E-state index contributed by atoms with van der Waals surface area (Å²) in [6.45, 7) is 6.95. The number of nitrogens with zero attached hydrogens (tertiary/aromatic N) is 1. The quantitative estimate of drug-likeness (QED) is 0.0335. The molecule has 0 radical (unpaired) electrons. The zero-order valence-corrected chi connectivity index (χ0v) is 39.2. The molecule has 0 aliphatic heterocycles. The molecule has 2 unspecified atom stereocenters. The summed E-state index contributed by atoms with van der Waals surface area (Å²) in [5.41, 5.74) is 2.16. The number of hydrogen-bond donors (Lipinski definition) is 3. The molecule has 12 nitrogen and oxygen atoms in total. The number of phosphoric acid groups is 1. The average molecular weight is 905 g/mol. The van der Waals surface area contributed by atoms with Gasteiger partial charge >= 0.3 is 7.82 Å². The Morgan fingerprint density at radius 3 is 1.93 bits per heavy atom. The lowest BCUT2D eigenvalue weighted by molar-refractivity contribution is -0.143. The van der Waals surface area contributed by atoms with E-state index in [9.17, 15) is 14.3 Å². The van der Waals surface area contributed by atoms with Crippen molar-refractivity contribution >= 4 is 48.3 Å². The minimum Gasteiger partial charge on any atom is -0.356 e. The first-order valence-electron chi connectivity index (χ1n) is 22.4. The van der Waals surface area contributed by atoms with Gasteiger partial charge < -0.3 is 39.4 Å². The molecule has 0 heterocycles. The smallest absolute Gasteiger partial charge is 0.356 e. The Morgan fingerprint density at radius 2 is 1.30 bits per heavy atom. The number of rotatable bonds is 40. The third kappa shape index (κ3) is 28.0. The van der Waals surface area contributed by atoms with Crippen LogP contribution >= 0.6 is 31.0 Å². The molecule has 60 heavy (non-hydrogen) atoms. The molecule has 1 amide bonds. The fraction of sp³-hybridized carbons (Fsp3) is 0.711. The summed E-state index contributed by atoms with van der Waals surface area (Å²) in [4.78, 5) is 24.9. The molecule has 0 saturated heterocycles. The molecule has 0 aliphatic rings. The number of halogens is 2. The zero-order chi connectivity index (χ0) is 43.5. The van der Waals surface area contributed by atoms with E-state index in [1.54, 1.807) is 18.2 Å². The van der Waals surface area contributed by atoms with Gasteiger partial charge in [-0.25, -0.2) is 4.57 Å². The van der Waals surface area contributed by atoms with Gasteiger partial charge in [-0.05, 0) is 56.6 Å². The Labute approximate surface area is 371 Å². The summed E-state index contributed by atoms with van der Waals surface area (Å²) >= 11 is 12.7. The summed E-state index contributed by atoms with van der Waals surface area (Å²) in [6, 6.07) is 12.8. The molecule has 0 aromatic heterocycles. The monoisotopic (exact) mass is 903 g/mol. The number of unbranched alkanes of at least 4 members (excludes halogenated alkanes) is 15. The van der Waals surface area contributed by atoms with Gasteiger partial charge in [-0.3, -0.25) is 13.8 Å². The van der Waals surface area contributed by atoms with E-state index >= 15 is 0 Å². The number of carbonyl (C=O) groups excluding carboxylic acids is 1. The molecule has 2 rings (SSSR count). The minimum atomic E-state index is -4.29. The van der Waals surface area contributed by atoms with Crippen molar-refractivity contribution in [1.29, 1.82) is 0 Å². The molecular formula is C45H76Cl2N3O9P. The van der Waals surface area contributed by atoms with Crippen molar-refractivity contribution in [3.8, 4) is 0 Å². The Morgan fingerprint density at radius 1 is 0.717 bits per heavy atom. The van der Waals surface area contributed by atoms with E-state index in [0.29, 0.717) is 54.9 Å². The van der Waals surface area contributed by atoms with Crippen molar-refractivity contribution in [3.05, 3.63) is 58.1 Å². The molecule has 2 aromatic carbocycles. The predicted octanol–water partition coefficient (Wildman–Crippen LogP) is 11.5. The van der Waals surface area contributed by atoms with Gasteiger partial charge in [0.15, 0.2) is 0 Å². The van der Waals surface area contributed by atoms with Crippen LogP contribution in [0.1, 0.15) is 129 Å². The van der Waals surface area contributed by atoms with Crippen molar-refractivity contribution in [2.24, 2.45) is 0 Å². The van der Waals surface area contributed by atoms with Gasteiger partial charge in [0.25, 0.3) is 0 Å². The number of anilines is 2. The summed E-state index contributed by atoms with van der Waals surface area (Å²) in [5, 5.41) is 7.20. The van der Waals surface area contributed by atoms with E-state index in [0.717, 1.165) is 30.6 Å². The highest BCUT2D eigenvalue weighted by molar-refractivity contribution is 7.47. The van der Waals surface area contributed by atoms with Gasteiger partial charge in [0, 0.05) is 32.0 Å². The lowest BCUT2D eigenvalue weighted by Crippen LogP contribution is -2.28. The van der Waals surface area contributed by atoms with Crippen LogP contribution in [0.15, 0.2) is 42.5 Å². The SMILES string of the molecule is CCCCCCCCCCCCCCCCCOCOCC(COP(=O)(O)OCCN(C)CC)OCOCCCCNC(=O)Cc1ccccc1Nc1c(Cl)cccc1Cl. The average Bonchev–Trinajstić information content (AvgIpc) is 3.23. The molecular weight excluding hydrogens is 828 g/mol. The second-order valence-corrected chi connectivity index (χ2v) is 17.5. The fourth-order valence-electron chi connectivity index (χ4n) is 6.25. The van der Waals surface area contributed by atoms with Crippen molar-refractivity contribution in [2.45, 2.75) is 136 Å². The number of ether oxygens (including phenoxy) is 4. The van der Waals surface area contributed by atoms with E-state index in [4.69, 9.17) is 51.2 Å². The molecule has 0 saturated carbocycles. The van der Waals surface area contributed by atoms with Crippen molar-refractivity contribution < 1.29 is 42.2 Å². The van der Waals surface area contributed by atoms with Crippen LogP contribution in [-0.4, -0.2) is 95.1 Å². The first-order valence-corrected chi connectivity index (χ1v) is 24.6. The third-order valence-electron chi connectivity index (χ3n) is 10.1. The maximum Gasteiger partial charge on any atom is 0.472 e. The minimum absolute atomic E-state index is 0.0558. The summed E-state index contributed by atoms with van der Waals surface area (Å²) in [6.07, 6.45) is 20.6. The molecule has 2 atom stereocenters. The second-order valence-electron chi connectivity index (χ2n) is 15.3. The molecule has 15 heteroatoms. The Balaban J connectivity index is 1.60. The number of hydrogen-bond acceptors (Lipinski definition) is 10. The highest BCUT2D eigenvalue weighted by atomic mass is 35.5. The normalized spacial score (nSPS) is 13.1. The lowest BCUT2D eigenvalue weighted by atomic mass is 10.0. The van der Waals surface area contributed by atoms with Gasteiger partial charge in [-0.1, -0.05) is 151 Å². The number of phosphoric ester groups is 1. The van der Waals surface area contributed by atoms with E-state index in [2.05, 4.69) is 17.6 Å². The highest BCUT2D eigenvalue weighted by Gasteiger charge is 2.24. The number of likely N-dealkylation sites (N-methyl/N-ethyl adjacent to an activating group) is 1. The number of amides is 1. The first-order chi connectivity index (χ1) is 29.1. The Bertz CT molecular complexity index is 1410. The summed E-state index contributed by atoms with van der Waals surface area (Å²) in [7, 11) is -2.39. The van der Waals surface area contributed by atoms with Gasteiger partial charge in [-0.2, -0.15) is 0 Å². The predicted molar refractivity (Wildman–Crippen MR) is 244 cm³/mol. The summed E-state index contributed by atoms with van der Waals surface area (Å²) < 4.78 is 45.6. The van der Waals surface area contributed by atoms with E-state index < -0.39 is 13.9 Å². The molecule has 3 N–H and O–H groups in total. The van der Waals surface area contributed by atoms with Crippen LogP contribution in [-0.2, 0) is 43.8 Å². The van der Waals surface area contributed by atoms with E-state index in [-0.39, 0.29) is 45.7 Å². The third-order valence-corrected chi connectivity index (χ3v) is 11.7. The number of benzene rings is 2. The standard InChI is InChI=1S/C45H76Cl2N3O9P/c1-4-6-7-8-9-10-11-12-13-14-15-16-17-18-22-31-54-37-56-35-40(36-59-60(52,53)58-33-30-50(3)5-2)57-38-55-32-23-21-29-48-44(51)34-39-25-19-20-28-43(39)49-45-41(46)26-24-27-42(45)47/h19-20,24-28,40,49H,4-18,21-23,29-38H2,1-3H3,(H,48,51)(H,52,53). The topological polar surface area (TPSA) is 137 Å². The van der Waals surface area contributed by atoms with Crippen LogP contribution in [0.4, 0.5) is 11.4 Å². The van der Waals surface area contributed by atoms with Crippen molar-refractivity contribution in [2.75, 3.05) is 78.6 Å². The lowest BCUT2D eigenvalue weighted by Gasteiger charge is -2.20. The fourth-order valence-corrected chi connectivity index (χ4v) is 7.48. The van der Waals surface area contributed by atoms with Crippen LogP contribution in [0.3, 0.4) is 0 Å². The Hall–Kier alpha value is -1.80. The zero-order valence-electron chi connectivity index (χ0n) is 36.8. The second kappa shape index (κ2) is 35.6. The number of carbonyl (C=O) groups is 1. The maximum atomic E-state index is 12.7. The van der Waals surface area contributed by atoms with Crippen molar-refractivity contribution in [1.82, 2.24) is 10.2 Å². The maximum absolute atomic E-state index is 12.7. The van der Waals surface area contributed by atoms with Crippen LogP contribution in [0.2, 0.25) is 10.0 Å². The molecule has 0 bridgehead atoms. The first kappa shape index (κ1) is 54.3. The van der Waals surface area contributed by atoms with Gasteiger partial charge in [0.1, 0.15) is 19.7 Å². The largest absolute Gasteiger partial charge is 0.472 e. The molecule has 2 aromatic rings. The van der Waals surface area contributed by atoms with Crippen LogP contribution in [0.5, 0.6) is 0 Å². The van der Waals surface area contributed by atoms with E-state index in [1.807, 2.05) is 43.1 Å². The molecule has 0 fully saturated rings. The van der Waals surface area contributed by atoms with Crippen LogP contribution in [0, 0.1) is 0 Å². The van der Waals surface area contributed by atoms with E-state index in [1.165, 1.54) is 83.5 Å². The highest BCUT2D eigenvalue weighted by Crippen LogP contribution is 2.43. The number of nitrogens with one attached hydrogen (secondary N) is 2.